The topological polar surface area (TPSA) is 96.2 Å². The molecule has 1 aliphatic heterocycles. The van der Waals surface area contributed by atoms with Gasteiger partial charge in [0.15, 0.2) is 12.2 Å². The van der Waals surface area contributed by atoms with Crippen molar-refractivity contribution in [3.8, 4) is 0 Å². The number of hydrogen-bond acceptors (Lipinski definition) is 6. The van der Waals surface area contributed by atoms with Gasteiger partial charge in [-0.2, -0.15) is 0 Å². The molecule has 0 amide bonds. The van der Waals surface area contributed by atoms with Crippen LogP contribution < -0.4 is 0 Å². The van der Waals surface area contributed by atoms with E-state index in [9.17, 15) is 20.1 Å². The van der Waals surface area contributed by atoms with Gasteiger partial charge in [0.05, 0.1) is 6.61 Å². The summed E-state index contributed by atoms with van der Waals surface area (Å²) in [7, 11) is 0. The molecular formula is C15H22O6. The normalized spacial score (nSPS) is 32.3. The Morgan fingerprint density at radius 2 is 2.00 bits per heavy atom. The second-order valence-corrected chi connectivity index (χ2v) is 5.34. The maximum Gasteiger partial charge on any atom is 0.509 e. The highest BCUT2D eigenvalue weighted by atomic mass is 16.8. The third kappa shape index (κ3) is 3.28. The van der Waals surface area contributed by atoms with Crippen LogP contribution in [0, 0.1) is 0 Å². The average Bonchev–Trinajstić information content (AvgIpc) is 2.86. The lowest BCUT2D eigenvalue weighted by Gasteiger charge is -2.33. The third-order valence-electron chi connectivity index (χ3n) is 3.89. The Balaban J connectivity index is 2.19. The van der Waals surface area contributed by atoms with Gasteiger partial charge in [0.1, 0.15) is 12.2 Å². The molecule has 0 spiro atoms. The average molecular weight is 298 g/mol. The summed E-state index contributed by atoms with van der Waals surface area (Å²) in [4.78, 5) is 11.3. The fourth-order valence-electron chi connectivity index (χ4n) is 2.71. The molecule has 1 saturated heterocycles. The Kier molecular flexibility index (Phi) is 5.39. The van der Waals surface area contributed by atoms with Crippen LogP contribution >= 0.6 is 0 Å². The molecule has 6 heteroatoms. The largest absolute Gasteiger partial charge is 0.509 e. The number of unbranched alkanes of at least 4 members (excludes halogenated alkanes) is 3. The zero-order chi connectivity index (χ0) is 15.4. The van der Waals surface area contributed by atoms with E-state index in [4.69, 9.17) is 9.47 Å². The molecule has 0 aromatic carbocycles. The molecule has 1 aliphatic carbocycles. The zero-order valence-corrected chi connectivity index (χ0v) is 12.1. The molecule has 0 unspecified atom stereocenters. The Morgan fingerprint density at radius 1 is 1.24 bits per heavy atom. The number of carbonyl (C=O) groups excluding carboxylic acids is 1. The van der Waals surface area contributed by atoms with Crippen molar-refractivity contribution < 1.29 is 29.6 Å². The van der Waals surface area contributed by atoms with Crippen LogP contribution in [0.15, 0.2) is 23.3 Å². The zero-order valence-electron chi connectivity index (χ0n) is 12.1. The van der Waals surface area contributed by atoms with E-state index >= 15 is 0 Å². The summed E-state index contributed by atoms with van der Waals surface area (Å²) in [6.45, 7) is 1.71. The van der Waals surface area contributed by atoms with E-state index in [1.165, 1.54) is 0 Å². The maximum atomic E-state index is 11.3. The molecule has 1 fully saturated rings. The fourth-order valence-corrected chi connectivity index (χ4v) is 2.71. The molecule has 4 atom stereocenters. The summed E-state index contributed by atoms with van der Waals surface area (Å²) in [5.41, 5.74) is 0.788. The van der Waals surface area contributed by atoms with Gasteiger partial charge >= 0.3 is 6.16 Å². The van der Waals surface area contributed by atoms with E-state index in [1.54, 1.807) is 6.08 Å². The molecular weight excluding hydrogens is 276 g/mol. The molecule has 2 aliphatic rings. The lowest BCUT2D eigenvalue weighted by atomic mass is 9.83. The van der Waals surface area contributed by atoms with E-state index < -0.39 is 37.2 Å². The lowest BCUT2D eigenvalue weighted by Crippen LogP contribution is -2.49. The van der Waals surface area contributed by atoms with Crippen molar-refractivity contribution in [2.75, 3.05) is 6.61 Å². The fraction of sp³-hybridized carbons (Fsp3) is 0.667. The van der Waals surface area contributed by atoms with Crippen molar-refractivity contribution >= 4 is 6.16 Å². The van der Waals surface area contributed by atoms with Crippen LogP contribution in [0.4, 0.5) is 4.79 Å². The van der Waals surface area contributed by atoms with Gasteiger partial charge in [-0.25, -0.2) is 4.79 Å². The Morgan fingerprint density at radius 3 is 2.67 bits per heavy atom. The quantitative estimate of drug-likeness (QED) is 0.501. The SMILES string of the molecule is CCCCC/C=C/C1=C(CO)[C@@H](O)[C@H](O)[C@H]2OC(=O)O[C@@H]12. The monoisotopic (exact) mass is 298 g/mol. The highest BCUT2D eigenvalue weighted by Crippen LogP contribution is 2.35. The van der Waals surface area contributed by atoms with E-state index in [0.29, 0.717) is 5.57 Å². The van der Waals surface area contributed by atoms with Crippen LogP contribution in [0.5, 0.6) is 0 Å². The summed E-state index contributed by atoms with van der Waals surface area (Å²) in [6.07, 6.45) is 2.70. The van der Waals surface area contributed by atoms with Crippen molar-refractivity contribution in [2.45, 2.75) is 57.0 Å². The highest BCUT2D eigenvalue weighted by Gasteiger charge is 2.50. The van der Waals surface area contributed by atoms with Gasteiger partial charge in [0.2, 0.25) is 0 Å². The number of hydrogen-bond donors (Lipinski definition) is 3. The lowest BCUT2D eigenvalue weighted by molar-refractivity contribution is -0.0546. The van der Waals surface area contributed by atoms with Gasteiger partial charge in [-0.1, -0.05) is 31.9 Å². The first-order chi connectivity index (χ1) is 10.1. The number of aliphatic hydroxyl groups excluding tert-OH is 3. The number of allylic oxidation sites excluding steroid dienone is 1. The van der Waals surface area contributed by atoms with Crippen LogP contribution in [0.1, 0.15) is 32.6 Å². The molecule has 6 nitrogen and oxygen atoms in total. The minimum absolute atomic E-state index is 0.272. The number of carbonyl (C=O) groups is 1. The predicted molar refractivity (Wildman–Crippen MR) is 74.5 cm³/mol. The molecule has 0 radical (unpaired) electrons. The summed E-state index contributed by atoms with van der Waals surface area (Å²) >= 11 is 0. The van der Waals surface area contributed by atoms with Crippen LogP contribution in [0.3, 0.4) is 0 Å². The van der Waals surface area contributed by atoms with Gasteiger partial charge in [-0.15, -0.1) is 0 Å². The van der Waals surface area contributed by atoms with E-state index in [0.717, 1.165) is 25.7 Å². The number of fused-ring (bicyclic) bond motifs is 1. The standard InChI is InChI=1S/C15H22O6/c1-2-3-4-5-6-7-9-10(8-16)11(17)12(18)14-13(9)20-15(19)21-14/h6-7,11-14,16-18H,2-5,8H2,1H3/b7-6+/t11-,12+,13+,14-/m1/s1. The number of aliphatic hydroxyl groups is 3. The van der Waals surface area contributed by atoms with Gasteiger partial charge < -0.3 is 24.8 Å². The molecule has 0 aromatic heterocycles. The van der Waals surface area contributed by atoms with Crippen molar-refractivity contribution in [1.29, 1.82) is 0 Å². The molecule has 21 heavy (non-hydrogen) atoms. The first-order valence-electron chi connectivity index (χ1n) is 7.33. The molecule has 118 valence electrons. The van der Waals surface area contributed by atoms with Crippen LogP contribution in [-0.2, 0) is 9.47 Å². The third-order valence-corrected chi connectivity index (χ3v) is 3.89. The minimum atomic E-state index is -1.29. The summed E-state index contributed by atoms with van der Waals surface area (Å²) in [5.74, 6) is 0. The van der Waals surface area contributed by atoms with Gasteiger partial charge in [0.25, 0.3) is 0 Å². The smallest absolute Gasteiger partial charge is 0.424 e. The van der Waals surface area contributed by atoms with Gasteiger partial charge in [-0.05, 0) is 18.4 Å². The maximum absolute atomic E-state index is 11.3. The van der Waals surface area contributed by atoms with Gasteiger partial charge in [0, 0.05) is 5.57 Å². The van der Waals surface area contributed by atoms with E-state index in [1.807, 2.05) is 6.08 Å². The molecule has 0 bridgehead atoms. The van der Waals surface area contributed by atoms with Crippen molar-refractivity contribution in [1.82, 2.24) is 0 Å². The van der Waals surface area contributed by atoms with Crippen LogP contribution in [0.25, 0.3) is 0 Å². The first kappa shape index (κ1) is 16.0. The van der Waals surface area contributed by atoms with Crippen LogP contribution in [0.2, 0.25) is 0 Å². The molecule has 3 N–H and O–H groups in total. The van der Waals surface area contributed by atoms with Gasteiger partial charge in [-0.3, -0.25) is 0 Å². The Bertz CT molecular complexity index is 441. The van der Waals surface area contributed by atoms with Crippen molar-refractivity contribution in [3.05, 3.63) is 23.3 Å². The van der Waals surface area contributed by atoms with E-state index in [-0.39, 0.29) is 5.57 Å². The van der Waals surface area contributed by atoms with Crippen LogP contribution in [-0.4, -0.2) is 52.5 Å². The van der Waals surface area contributed by atoms with Crippen molar-refractivity contribution in [3.63, 3.8) is 0 Å². The summed E-state index contributed by atoms with van der Waals surface area (Å²) in [6, 6.07) is 0. The molecule has 0 saturated carbocycles. The first-order valence-corrected chi connectivity index (χ1v) is 7.33. The van der Waals surface area contributed by atoms with E-state index in [2.05, 4.69) is 6.92 Å². The molecule has 0 aromatic rings. The highest BCUT2D eigenvalue weighted by molar-refractivity contribution is 5.64. The Hall–Kier alpha value is -1.37. The number of ether oxygens (including phenoxy) is 2. The second-order valence-electron chi connectivity index (χ2n) is 5.34. The summed E-state index contributed by atoms with van der Waals surface area (Å²) < 4.78 is 9.95. The second kappa shape index (κ2) is 7.06. The number of rotatable bonds is 6. The summed E-state index contributed by atoms with van der Waals surface area (Å²) in [5, 5.41) is 29.4. The predicted octanol–water partition coefficient (Wildman–Crippen LogP) is 1.05. The van der Waals surface area contributed by atoms with Crippen molar-refractivity contribution in [2.24, 2.45) is 0 Å². The Labute approximate surface area is 123 Å². The molecule has 2 rings (SSSR count). The molecule has 1 heterocycles. The minimum Gasteiger partial charge on any atom is -0.424 e.